The Bertz CT molecular complexity index is 516. The van der Waals surface area contributed by atoms with Gasteiger partial charge in [0.05, 0.1) is 5.60 Å². The molecule has 0 amide bonds. The molecule has 0 unspecified atom stereocenters. The molecule has 2 atom stereocenters. The second-order valence-electron chi connectivity index (χ2n) is 5.49. The van der Waals surface area contributed by atoms with Gasteiger partial charge < -0.3 is 5.11 Å². The van der Waals surface area contributed by atoms with Gasteiger partial charge in [0.25, 0.3) is 0 Å². The lowest BCUT2D eigenvalue weighted by Crippen LogP contribution is -2.44. The number of hydrogen-bond acceptors (Lipinski definition) is 1. The number of benzene rings is 2. The fraction of sp³-hybridized carbons (Fsp3) is 0.333. The van der Waals surface area contributed by atoms with E-state index in [4.69, 9.17) is 0 Å². The maximum atomic E-state index is 11.2. The maximum absolute atomic E-state index is 11.2. The third kappa shape index (κ3) is 2.31. The van der Waals surface area contributed by atoms with Crippen molar-refractivity contribution in [3.63, 3.8) is 0 Å². The summed E-state index contributed by atoms with van der Waals surface area (Å²) in [6.07, 6.45) is 0.874. The van der Waals surface area contributed by atoms with Crippen LogP contribution in [0.1, 0.15) is 38.3 Å². The standard InChI is InChI=1S/C18H22O/c1-4-17(2,15-11-7-5-8-12-15)18(3,19)16-13-9-6-10-14-16/h5-14,19H,4H2,1-3H3/t17-,18+/m1/s1. The van der Waals surface area contributed by atoms with Crippen LogP contribution in [0.15, 0.2) is 60.7 Å². The highest BCUT2D eigenvalue weighted by atomic mass is 16.3. The quantitative estimate of drug-likeness (QED) is 0.864. The molecule has 1 nitrogen and oxygen atoms in total. The van der Waals surface area contributed by atoms with E-state index < -0.39 is 5.60 Å². The van der Waals surface area contributed by atoms with Crippen molar-refractivity contribution >= 4 is 0 Å². The van der Waals surface area contributed by atoms with Gasteiger partial charge in [-0.1, -0.05) is 74.5 Å². The molecule has 2 aromatic carbocycles. The Morgan fingerprint density at radius 3 is 1.63 bits per heavy atom. The number of hydrogen-bond donors (Lipinski definition) is 1. The molecular formula is C18H22O. The highest BCUT2D eigenvalue weighted by molar-refractivity contribution is 5.34. The van der Waals surface area contributed by atoms with Gasteiger partial charge in [0.2, 0.25) is 0 Å². The summed E-state index contributed by atoms with van der Waals surface area (Å²) in [7, 11) is 0. The van der Waals surface area contributed by atoms with Gasteiger partial charge in [0.1, 0.15) is 0 Å². The molecule has 0 saturated heterocycles. The molecule has 0 bridgehead atoms. The van der Waals surface area contributed by atoms with E-state index in [1.165, 1.54) is 5.56 Å². The third-order valence-corrected chi connectivity index (χ3v) is 4.53. The molecule has 1 heteroatoms. The summed E-state index contributed by atoms with van der Waals surface area (Å²) in [5, 5.41) is 11.2. The van der Waals surface area contributed by atoms with E-state index in [9.17, 15) is 5.11 Å². The van der Waals surface area contributed by atoms with Gasteiger partial charge in [-0.05, 0) is 24.5 Å². The minimum atomic E-state index is -0.898. The van der Waals surface area contributed by atoms with Crippen LogP contribution in [0.5, 0.6) is 0 Å². The Labute approximate surface area is 115 Å². The zero-order valence-corrected chi connectivity index (χ0v) is 11.9. The summed E-state index contributed by atoms with van der Waals surface area (Å²) in [4.78, 5) is 0. The lowest BCUT2D eigenvalue weighted by molar-refractivity contribution is -0.0241. The monoisotopic (exact) mass is 254 g/mol. The highest BCUT2D eigenvalue weighted by Crippen LogP contribution is 2.44. The largest absolute Gasteiger partial charge is 0.385 e. The molecule has 100 valence electrons. The van der Waals surface area contributed by atoms with Gasteiger partial charge in [0, 0.05) is 5.41 Å². The molecule has 19 heavy (non-hydrogen) atoms. The Morgan fingerprint density at radius 2 is 1.21 bits per heavy atom. The van der Waals surface area contributed by atoms with E-state index in [-0.39, 0.29) is 5.41 Å². The Morgan fingerprint density at radius 1 is 0.789 bits per heavy atom. The topological polar surface area (TPSA) is 20.2 Å². The van der Waals surface area contributed by atoms with Gasteiger partial charge in [-0.25, -0.2) is 0 Å². The SMILES string of the molecule is CC[C@](C)(c1ccccc1)[C@@](C)(O)c1ccccc1. The molecular weight excluding hydrogens is 232 g/mol. The summed E-state index contributed by atoms with van der Waals surface area (Å²) in [5.74, 6) is 0. The molecule has 2 aromatic rings. The molecule has 0 radical (unpaired) electrons. The molecule has 0 spiro atoms. The second-order valence-corrected chi connectivity index (χ2v) is 5.49. The lowest BCUT2D eigenvalue weighted by atomic mass is 9.65. The second kappa shape index (κ2) is 5.18. The van der Waals surface area contributed by atoms with Crippen molar-refractivity contribution in [3.8, 4) is 0 Å². The van der Waals surface area contributed by atoms with Gasteiger partial charge in [-0.15, -0.1) is 0 Å². The van der Waals surface area contributed by atoms with Crippen molar-refractivity contribution < 1.29 is 5.11 Å². The number of aliphatic hydroxyl groups is 1. The van der Waals surface area contributed by atoms with E-state index in [1.54, 1.807) is 0 Å². The summed E-state index contributed by atoms with van der Waals surface area (Å²) >= 11 is 0. The fourth-order valence-corrected chi connectivity index (χ4v) is 2.72. The average molecular weight is 254 g/mol. The first-order valence-electron chi connectivity index (χ1n) is 6.86. The smallest absolute Gasteiger partial charge is 0.0961 e. The van der Waals surface area contributed by atoms with Crippen LogP contribution >= 0.6 is 0 Å². The maximum Gasteiger partial charge on any atom is 0.0961 e. The molecule has 0 fully saturated rings. The van der Waals surface area contributed by atoms with Gasteiger partial charge >= 0.3 is 0 Å². The molecule has 0 aliphatic rings. The zero-order chi connectivity index (χ0) is 13.9. The summed E-state index contributed by atoms with van der Waals surface area (Å²) in [6, 6.07) is 20.2. The fourth-order valence-electron chi connectivity index (χ4n) is 2.72. The average Bonchev–Trinajstić information content (AvgIpc) is 2.48. The van der Waals surface area contributed by atoms with Crippen LogP contribution in [0.4, 0.5) is 0 Å². The van der Waals surface area contributed by atoms with Crippen molar-refractivity contribution in [3.05, 3.63) is 71.8 Å². The Kier molecular flexibility index (Phi) is 3.77. The molecule has 0 aliphatic heterocycles. The molecule has 0 aliphatic carbocycles. The third-order valence-electron chi connectivity index (χ3n) is 4.53. The van der Waals surface area contributed by atoms with Gasteiger partial charge in [-0.2, -0.15) is 0 Å². The minimum Gasteiger partial charge on any atom is -0.385 e. The van der Waals surface area contributed by atoms with Crippen molar-refractivity contribution in [2.45, 2.75) is 38.2 Å². The predicted octanol–water partition coefficient (Wildman–Crippen LogP) is 4.26. The van der Waals surface area contributed by atoms with Crippen molar-refractivity contribution in [2.75, 3.05) is 0 Å². The molecule has 0 heterocycles. The predicted molar refractivity (Wildman–Crippen MR) is 80.1 cm³/mol. The highest BCUT2D eigenvalue weighted by Gasteiger charge is 2.44. The van der Waals surface area contributed by atoms with Crippen molar-refractivity contribution in [1.29, 1.82) is 0 Å². The molecule has 2 rings (SSSR count). The molecule has 0 saturated carbocycles. The Balaban J connectivity index is 2.52. The Hall–Kier alpha value is -1.60. The van der Waals surface area contributed by atoms with E-state index in [2.05, 4.69) is 26.0 Å². The van der Waals surface area contributed by atoms with Crippen LogP contribution in [-0.4, -0.2) is 5.11 Å². The van der Waals surface area contributed by atoms with E-state index in [0.29, 0.717) is 0 Å². The van der Waals surface area contributed by atoms with E-state index in [1.807, 2.05) is 55.5 Å². The van der Waals surface area contributed by atoms with Crippen molar-refractivity contribution in [1.82, 2.24) is 0 Å². The van der Waals surface area contributed by atoms with Crippen LogP contribution in [0.3, 0.4) is 0 Å². The minimum absolute atomic E-state index is 0.310. The first-order valence-corrected chi connectivity index (χ1v) is 6.86. The normalized spacial score (nSPS) is 17.5. The van der Waals surface area contributed by atoms with Crippen LogP contribution in [-0.2, 0) is 11.0 Å². The van der Waals surface area contributed by atoms with E-state index >= 15 is 0 Å². The van der Waals surface area contributed by atoms with Crippen molar-refractivity contribution in [2.24, 2.45) is 0 Å². The first kappa shape index (κ1) is 13.8. The van der Waals surface area contributed by atoms with Crippen LogP contribution in [0.25, 0.3) is 0 Å². The van der Waals surface area contributed by atoms with Crippen LogP contribution in [0, 0.1) is 0 Å². The first-order chi connectivity index (χ1) is 9.02. The number of rotatable bonds is 4. The van der Waals surface area contributed by atoms with Gasteiger partial charge in [0.15, 0.2) is 0 Å². The van der Waals surface area contributed by atoms with Gasteiger partial charge in [-0.3, -0.25) is 0 Å². The van der Waals surface area contributed by atoms with Crippen LogP contribution < -0.4 is 0 Å². The molecule has 0 aromatic heterocycles. The zero-order valence-electron chi connectivity index (χ0n) is 11.9. The lowest BCUT2D eigenvalue weighted by Gasteiger charge is -2.43. The van der Waals surface area contributed by atoms with E-state index in [0.717, 1.165) is 12.0 Å². The molecule has 1 N–H and O–H groups in total. The summed E-state index contributed by atoms with van der Waals surface area (Å²) in [6.45, 7) is 6.18. The summed E-state index contributed by atoms with van der Waals surface area (Å²) in [5.41, 5.74) is 0.925. The van der Waals surface area contributed by atoms with Crippen LogP contribution in [0.2, 0.25) is 0 Å². The summed E-state index contributed by atoms with van der Waals surface area (Å²) < 4.78 is 0.